The van der Waals surface area contributed by atoms with Crippen LogP contribution in [0.3, 0.4) is 0 Å². The summed E-state index contributed by atoms with van der Waals surface area (Å²) in [6.45, 7) is 8.71. The molecule has 0 fully saturated rings. The van der Waals surface area contributed by atoms with E-state index in [0.29, 0.717) is 0 Å². The lowest BCUT2D eigenvalue weighted by atomic mass is 9.77. The molecule has 2 unspecified atom stereocenters. The molecule has 5 aromatic carbocycles. The average Bonchev–Trinajstić information content (AvgIpc) is 3.33. The predicted molar refractivity (Wildman–Crippen MR) is 158 cm³/mol. The number of rotatable bonds is 2. The van der Waals surface area contributed by atoms with Gasteiger partial charge in [-0.1, -0.05) is 88.4 Å². The summed E-state index contributed by atoms with van der Waals surface area (Å²) < 4.78 is 0. The van der Waals surface area contributed by atoms with E-state index >= 15 is 0 Å². The van der Waals surface area contributed by atoms with E-state index < -0.39 is 0 Å². The zero-order valence-corrected chi connectivity index (χ0v) is 22.1. The van der Waals surface area contributed by atoms with Gasteiger partial charge < -0.3 is 10.6 Å². The first-order valence-electron chi connectivity index (χ1n) is 13.3. The number of hydrogen-bond donors (Lipinski definition) is 2. The molecule has 0 spiro atoms. The highest BCUT2D eigenvalue weighted by Gasteiger charge is 2.41. The van der Waals surface area contributed by atoms with Crippen LogP contribution >= 0.6 is 0 Å². The first-order chi connectivity index (χ1) is 18.2. The maximum absolute atomic E-state index is 13.3. The van der Waals surface area contributed by atoms with Gasteiger partial charge in [0.15, 0.2) is 10.9 Å². The molecule has 188 valence electrons. The molecule has 0 saturated heterocycles. The predicted octanol–water partition coefficient (Wildman–Crippen LogP) is 4.69. The number of benzene rings is 4. The molecule has 2 aliphatic heterocycles. The van der Waals surface area contributed by atoms with Gasteiger partial charge in [0.25, 0.3) is 0 Å². The molecule has 0 bridgehead atoms. The molecule has 0 saturated carbocycles. The third kappa shape index (κ3) is 3.03. The molecule has 4 heteroatoms. The molecule has 0 aliphatic carbocycles. The topological polar surface area (TPSA) is 58.2 Å². The molecule has 7 rings (SSSR count). The fraction of sp³-hybridized carbons (Fsp3) is 0.235. The molecule has 2 heterocycles. The standard InChI is InChI=1S/C34H30N2O2/c1-33(2)27(35-25-15-13-19-9-5-7-11-21(19)29(25)33)17-23-31(37)24(32(23)38)18-28-34(3,4)30-22-12-8-6-10-20(22)14-16-26(30)36-28/h5-18,27-28,35-36H,1-4H3. The third-order valence-corrected chi connectivity index (χ3v) is 8.97. The molecule has 2 aliphatic rings. The summed E-state index contributed by atoms with van der Waals surface area (Å²) in [4.78, 5) is 26.7. The summed E-state index contributed by atoms with van der Waals surface area (Å²) in [5, 5.41) is 12.5. The average molecular weight is 499 g/mol. The first kappa shape index (κ1) is 23.0. The number of hydrogen-bond acceptors (Lipinski definition) is 4. The first-order valence-corrected chi connectivity index (χ1v) is 13.3. The van der Waals surface area contributed by atoms with E-state index in [2.05, 4.69) is 99.0 Å². The minimum absolute atomic E-state index is 0.149. The zero-order chi connectivity index (χ0) is 26.4. The second-order valence-corrected chi connectivity index (χ2v) is 11.9. The smallest absolute Gasteiger partial charge is 0.200 e. The van der Waals surface area contributed by atoms with Crippen molar-refractivity contribution in [2.75, 3.05) is 10.6 Å². The molecule has 0 radical (unpaired) electrons. The van der Waals surface area contributed by atoms with Crippen LogP contribution in [0.2, 0.25) is 0 Å². The van der Waals surface area contributed by atoms with Crippen molar-refractivity contribution in [1.29, 1.82) is 0 Å². The SMILES string of the molecule is CC1(C)c2c(ccc3ccccc23)NC1C=c1c(=O)c(=CC2Nc3ccc4ccccc4c3C2(C)C)c1=O. The molecule has 5 aromatic rings. The van der Waals surface area contributed by atoms with Crippen LogP contribution in [0, 0.1) is 0 Å². The molecule has 0 aromatic heterocycles. The normalized spacial score (nSPS) is 20.6. The highest BCUT2D eigenvalue weighted by molar-refractivity contribution is 5.94. The van der Waals surface area contributed by atoms with Crippen molar-refractivity contribution in [3.63, 3.8) is 0 Å². The van der Waals surface area contributed by atoms with Crippen LogP contribution in [0.4, 0.5) is 11.4 Å². The Hall–Kier alpha value is -4.18. The van der Waals surface area contributed by atoms with Crippen LogP contribution in [0.5, 0.6) is 0 Å². The number of nitrogens with one attached hydrogen (secondary N) is 2. The molecule has 0 amide bonds. The van der Waals surface area contributed by atoms with E-state index in [0.717, 1.165) is 11.4 Å². The molecular weight excluding hydrogens is 468 g/mol. The van der Waals surface area contributed by atoms with Gasteiger partial charge in [-0.25, -0.2) is 0 Å². The van der Waals surface area contributed by atoms with Crippen molar-refractivity contribution in [3.8, 4) is 0 Å². The van der Waals surface area contributed by atoms with Gasteiger partial charge in [0.2, 0.25) is 0 Å². The van der Waals surface area contributed by atoms with Crippen molar-refractivity contribution in [3.05, 3.63) is 115 Å². The lowest BCUT2D eigenvalue weighted by Gasteiger charge is -2.26. The summed E-state index contributed by atoms with van der Waals surface area (Å²) in [5.74, 6) is 0. The van der Waals surface area contributed by atoms with Gasteiger partial charge in [0.1, 0.15) is 0 Å². The van der Waals surface area contributed by atoms with Crippen molar-refractivity contribution in [1.82, 2.24) is 0 Å². The lowest BCUT2D eigenvalue weighted by Crippen LogP contribution is -2.66. The molecule has 2 N–H and O–H groups in total. The van der Waals surface area contributed by atoms with Crippen molar-refractivity contribution < 1.29 is 0 Å². The van der Waals surface area contributed by atoms with Gasteiger partial charge in [-0.2, -0.15) is 0 Å². The Labute approximate surface area is 221 Å². The summed E-state index contributed by atoms with van der Waals surface area (Å²) in [6.07, 6.45) is 3.71. The second kappa shape index (κ2) is 7.67. The van der Waals surface area contributed by atoms with Crippen molar-refractivity contribution in [2.45, 2.75) is 50.6 Å². The Morgan fingerprint density at radius 2 is 0.974 bits per heavy atom. The molecule has 2 atom stereocenters. The summed E-state index contributed by atoms with van der Waals surface area (Å²) in [6, 6.07) is 24.9. The Kier molecular flexibility index (Phi) is 4.64. The van der Waals surface area contributed by atoms with E-state index in [1.165, 1.54) is 32.7 Å². The minimum Gasteiger partial charge on any atom is -0.378 e. The van der Waals surface area contributed by atoms with Gasteiger partial charge in [0, 0.05) is 22.2 Å². The van der Waals surface area contributed by atoms with Gasteiger partial charge >= 0.3 is 0 Å². The highest BCUT2D eigenvalue weighted by atomic mass is 16.1. The van der Waals surface area contributed by atoms with E-state index in [-0.39, 0.29) is 44.2 Å². The molecule has 4 nitrogen and oxygen atoms in total. The Morgan fingerprint density at radius 1 is 0.579 bits per heavy atom. The van der Waals surface area contributed by atoms with Crippen LogP contribution in [0.15, 0.2) is 82.4 Å². The monoisotopic (exact) mass is 498 g/mol. The summed E-state index contributed by atoms with van der Waals surface area (Å²) >= 11 is 0. The maximum atomic E-state index is 13.3. The number of anilines is 2. The lowest BCUT2D eigenvalue weighted by molar-refractivity contribution is 0.535. The van der Waals surface area contributed by atoms with Crippen LogP contribution in [-0.2, 0) is 10.8 Å². The van der Waals surface area contributed by atoms with E-state index in [1.807, 2.05) is 24.3 Å². The van der Waals surface area contributed by atoms with Crippen molar-refractivity contribution >= 4 is 45.1 Å². The summed E-state index contributed by atoms with van der Waals surface area (Å²) in [7, 11) is 0. The maximum Gasteiger partial charge on any atom is 0.200 e. The highest BCUT2D eigenvalue weighted by Crippen LogP contribution is 2.46. The van der Waals surface area contributed by atoms with Gasteiger partial charge in [0.05, 0.1) is 22.5 Å². The van der Waals surface area contributed by atoms with Gasteiger partial charge in [-0.3, -0.25) is 9.59 Å². The van der Waals surface area contributed by atoms with Gasteiger partial charge in [-0.05, 0) is 57.0 Å². The van der Waals surface area contributed by atoms with E-state index in [1.54, 1.807) is 0 Å². The Bertz CT molecular complexity index is 1820. The largest absolute Gasteiger partial charge is 0.378 e. The zero-order valence-electron chi connectivity index (χ0n) is 22.1. The molecule has 38 heavy (non-hydrogen) atoms. The van der Waals surface area contributed by atoms with Crippen molar-refractivity contribution in [2.24, 2.45) is 0 Å². The quantitative estimate of drug-likeness (QED) is 0.371. The fourth-order valence-electron chi connectivity index (χ4n) is 6.75. The Morgan fingerprint density at radius 3 is 1.39 bits per heavy atom. The van der Waals surface area contributed by atoms with Crippen LogP contribution in [0.1, 0.15) is 38.8 Å². The summed E-state index contributed by atoms with van der Waals surface area (Å²) in [5.41, 5.74) is 3.71. The van der Waals surface area contributed by atoms with Gasteiger partial charge in [-0.15, -0.1) is 0 Å². The van der Waals surface area contributed by atoms with E-state index in [9.17, 15) is 9.59 Å². The third-order valence-electron chi connectivity index (χ3n) is 8.97. The fourth-order valence-corrected chi connectivity index (χ4v) is 6.75. The minimum atomic E-state index is -0.277. The van der Waals surface area contributed by atoms with Crippen LogP contribution in [0.25, 0.3) is 33.7 Å². The van der Waals surface area contributed by atoms with E-state index in [4.69, 9.17) is 0 Å². The Balaban J connectivity index is 1.27. The molecular formula is C34H30N2O2. The number of fused-ring (bicyclic) bond motifs is 6. The second-order valence-electron chi connectivity index (χ2n) is 11.9. The van der Waals surface area contributed by atoms with Crippen LogP contribution < -0.4 is 31.9 Å². The van der Waals surface area contributed by atoms with Crippen LogP contribution in [-0.4, -0.2) is 12.1 Å².